The maximum atomic E-state index is 12.0. The second-order valence-electron chi connectivity index (χ2n) is 6.11. The quantitative estimate of drug-likeness (QED) is 0.769. The number of thiophene rings is 1. The summed E-state index contributed by atoms with van der Waals surface area (Å²) in [4.78, 5) is 13.1. The minimum Gasteiger partial charge on any atom is -0.462 e. The zero-order valence-corrected chi connectivity index (χ0v) is 12.9. The lowest BCUT2D eigenvalue weighted by Gasteiger charge is -2.36. The van der Waals surface area contributed by atoms with E-state index in [2.05, 4.69) is 20.8 Å². The van der Waals surface area contributed by atoms with E-state index in [1.54, 1.807) is 11.3 Å². The van der Waals surface area contributed by atoms with Gasteiger partial charge in [0.1, 0.15) is 6.10 Å². The Bertz CT molecular complexity index is 397. The number of ether oxygens (including phenoxy) is 1. The van der Waals surface area contributed by atoms with Crippen LogP contribution in [-0.2, 0) is 16.0 Å². The summed E-state index contributed by atoms with van der Waals surface area (Å²) in [6, 6.07) is 3.97. The molecule has 0 saturated heterocycles. The van der Waals surface area contributed by atoms with E-state index in [9.17, 15) is 4.79 Å². The molecule has 0 spiro atoms. The molecule has 1 aliphatic rings. The fourth-order valence-corrected chi connectivity index (χ4v) is 3.71. The van der Waals surface area contributed by atoms with E-state index in [1.165, 1.54) is 12.8 Å². The Balaban J connectivity index is 1.92. The summed E-state index contributed by atoms with van der Waals surface area (Å²) in [5.74, 6) is 1.73. The third-order valence-corrected chi connectivity index (χ3v) is 5.02. The Labute approximate surface area is 120 Å². The maximum absolute atomic E-state index is 12.0. The molecule has 1 saturated carbocycles. The Kier molecular flexibility index (Phi) is 5.03. The first-order valence-electron chi connectivity index (χ1n) is 7.28. The van der Waals surface area contributed by atoms with E-state index >= 15 is 0 Å². The highest BCUT2D eigenvalue weighted by molar-refractivity contribution is 7.10. The lowest BCUT2D eigenvalue weighted by Crippen LogP contribution is -2.36. The summed E-state index contributed by atoms with van der Waals surface area (Å²) in [6.45, 7) is 6.73. The summed E-state index contributed by atoms with van der Waals surface area (Å²) in [6.07, 6.45) is 4.03. The Morgan fingerprint density at radius 2 is 2.26 bits per heavy atom. The van der Waals surface area contributed by atoms with Crippen molar-refractivity contribution in [3.8, 4) is 0 Å². The Morgan fingerprint density at radius 3 is 2.89 bits per heavy atom. The first kappa shape index (κ1) is 14.6. The topological polar surface area (TPSA) is 26.3 Å². The molecule has 3 heteroatoms. The van der Waals surface area contributed by atoms with E-state index < -0.39 is 0 Å². The minimum atomic E-state index is -0.0628. The van der Waals surface area contributed by atoms with Crippen molar-refractivity contribution in [1.29, 1.82) is 0 Å². The molecule has 106 valence electrons. The first-order valence-corrected chi connectivity index (χ1v) is 8.16. The van der Waals surface area contributed by atoms with E-state index in [-0.39, 0.29) is 12.1 Å². The number of carbonyl (C=O) groups is 1. The molecule has 3 unspecified atom stereocenters. The summed E-state index contributed by atoms with van der Waals surface area (Å²) in [7, 11) is 0. The predicted molar refractivity (Wildman–Crippen MR) is 79.2 cm³/mol. The van der Waals surface area contributed by atoms with Crippen LogP contribution in [0.3, 0.4) is 0 Å². The van der Waals surface area contributed by atoms with E-state index in [1.807, 2.05) is 17.5 Å². The highest BCUT2D eigenvalue weighted by atomic mass is 32.1. The average molecular weight is 280 g/mol. The number of esters is 1. The van der Waals surface area contributed by atoms with Crippen LogP contribution >= 0.6 is 11.3 Å². The van der Waals surface area contributed by atoms with Crippen molar-refractivity contribution in [2.75, 3.05) is 0 Å². The molecule has 0 bridgehead atoms. The second-order valence-corrected chi connectivity index (χ2v) is 7.14. The van der Waals surface area contributed by atoms with Crippen LogP contribution in [0.1, 0.15) is 44.9 Å². The van der Waals surface area contributed by atoms with E-state index in [0.29, 0.717) is 24.2 Å². The van der Waals surface area contributed by atoms with Crippen molar-refractivity contribution < 1.29 is 9.53 Å². The van der Waals surface area contributed by atoms with Gasteiger partial charge in [-0.25, -0.2) is 0 Å². The SMILES string of the molecule is CC1CCC(C(C)C)C(OC(=O)Cc2cccs2)C1. The van der Waals surface area contributed by atoms with Crippen LogP contribution in [0.2, 0.25) is 0 Å². The van der Waals surface area contributed by atoms with Crippen LogP contribution in [0, 0.1) is 17.8 Å². The van der Waals surface area contributed by atoms with Crippen LogP contribution in [0.5, 0.6) is 0 Å². The van der Waals surface area contributed by atoms with Crippen LogP contribution in [-0.4, -0.2) is 12.1 Å². The van der Waals surface area contributed by atoms with Gasteiger partial charge < -0.3 is 4.74 Å². The summed E-state index contributed by atoms with van der Waals surface area (Å²) in [5.41, 5.74) is 0. The number of hydrogen-bond acceptors (Lipinski definition) is 3. The number of carbonyl (C=O) groups excluding carboxylic acids is 1. The monoisotopic (exact) mass is 280 g/mol. The Hall–Kier alpha value is -0.830. The van der Waals surface area contributed by atoms with Gasteiger partial charge in [0, 0.05) is 4.88 Å². The molecule has 0 aliphatic heterocycles. The summed E-state index contributed by atoms with van der Waals surface area (Å²) in [5, 5.41) is 2.00. The molecule has 0 N–H and O–H groups in total. The molecule has 2 nitrogen and oxygen atoms in total. The van der Waals surface area contributed by atoms with Crippen molar-refractivity contribution in [1.82, 2.24) is 0 Å². The van der Waals surface area contributed by atoms with Crippen molar-refractivity contribution in [2.24, 2.45) is 17.8 Å². The predicted octanol–water partition coefficient (Wildman–Crippen LogP) is 4.29. The van der Waals surface area contributed by atoms with Gasteiger partial charge in [0.15, 0.2) is 0 Å². The highest BCUT2D eigenvalue weighted by Gasteiger charge is 2.33. The molecular weight excluding hydrogens is 256 g/mol. The number of hydrogen-bond donors (Lipinski definition) is 0. The van der Waals surface area contributed by atoms with Crippen LogP contribution in [0.25, 0.3) is 0 Å². The second kappa shape index (κ2) is 6.56. The molecule has 0 aromatic carbocycles. The van der Waals surface area contributed by atoms with Gasteiger partial charge in [0.2, 0.25) is 0 Å². The lowest BCUT2D eigenvalue weighted by molar-refractivity contribution is -0.155. The van der Waals surface area contributed by atoms with Crippen LogP contribution < -0.4 is 0 Å². The van der Waals surface area contributed by atoms with Crippen molar-refractivity contribution >= 4 is 17.3 Å². The average Bonchev–Trinajstić information content (AvgIpc) is 2.81. The zero-order chi connectivity index (χ0) is 13.8. The van der Waals surface area contributed by atoms with E-state index in [0.717, 1.165) is 11.3 Å². The van der Waals surface area contributed by atoms with Gasteiger partial charge in [0.25, 0.3) is 0 Å². The lowest BCUT2D eigenvalue weighted by atomic mass is 9.75. The normalized spacial score (nSPS) is 27.5. The fourth-order valence-electron chi connectivity index (χ4n) is 3.02. The van der Waals surface area contributed by atoms with Gasteiger partial charge in [0.05, 0.1) is 6.42 Å². The Morgan fingerprint density at radius 1 is 1.47 bits per heavy atom. The van der Waals surface area contributed by atoms with Crippen molar-refractivity contribution in [2.45, 2.75) is 52.6 Å². The molecule has 1 fully saturated rings. The van der Waals surface area contributed by atoms with Gasteiger partial charge in [-0.15, -0.1) is 11.3 Å². The fraction of sp³-hybridized carbons (Fsp3) is 0.688. The van der Waals surface area contributed by atoms with Gasteiger partial charge in [-0.05, 0) is 42.0 Å². The van der Waals surface area contributed by atoms with Crippen molar-refractivity contribution in [3.05, 3.63) is 22.4 Å². The van der Waals surface area contributed by atoms with Crippen molar-refractivity contribution in [3.63, 3.8) is 0 Å². The third kappa shape index (κ3) is 4.07. The maximum Gasteiger partial charge on any atom is 0.311 e. The van der Waals surface area contributed by atoms with E-state index in [4.69, 9.17) is 4.74 Å². The molecule has 1 aromatic rings. The van der Waals surface area contributed by atoms with Crippen LogP contribution in [0.15, 0.2) is 17.5 Å². The molecular formula is C16H24O2S. The molecule has 1 heterocycles. The molecule has 0 radical (unpaired) electrons. The van der Waals surface area contributed by atoms with Gasteiger partial charge in [-0.3, -0.25) is 4.79 Å². The molecule has 2 rings (SSSR count). The minimum absolute atomic E-state index is 0.0628. The summed E-state index contributed by atoms with van der Waals surface area (Å²) < 4.78 is 5.78. The largest absolute Gasteiger partial charge is 0.462 e. The molecule has 19 heavy (non-hydrogen) atoms. The summed E-state index contributed by atoms with van der Waals surface area (Å²) >= 11 is 1.62. The van der Waals surface area contributed by atoms with Gasteiger partial charge in [-0.1, -0.05) is 33.3 Å². The van der Waals surface area contributed by atoms with Crippen LogP contribution in [0.4, 0.5) is 0 Å². The van der Waals surface area contributed by atoms with Gasteiger partial charge >= 0.3 is 5.97 Å². The van der Waals surface area contributed by atoms with Gasteiger partial charge in [-0.2, -0.15) is 0 Å². The smallest absolute Gasteiger partial charge is 0.311 e. The molecule has 1 aliphatic carbocycles. The molecule has 0 amide bonds. The standard InChI is InChI=1S/C16H24O2S/c1-11(2)14-7-6-12(3)9-15(14)18-16(17)10-13-5-4-8-19-13/h4-5,8,11-12,14-15H,6-7,9-10H2,1-3H3. The highest BCUT2D eigenvalue weighted by Crippen LogP contribution is 2.35. The zero-order valence-electron chi connectivity index (χ0n) is 12.1. The molecule has 3 atom stereocenters. The first-order chi connectivity index (χ1) is 9.06. The molecule has 1 aromatic heterocycles. The number of rotatable bonds is 4. The third-order valence-electron chi connectivity index (χ3n) is 4.14.